The number of nitriles is 1. The van der Waals surface area contributed by atoms with Crippen LogP contribution in [0.5, 0.6) is 0 Å². The van der Waals surface area contributed by atoms with Crippen LogP contribution >= 0.6 is 11.3 Å². The molecule has 0 bridgehead atoms. The highest BCUT2D eigenvalue weighted by Crippen LogP contribution is 2.25. The molecule has 3 aromatic rings. The van der Waals surface area contributed by atoms with Crippen LogP contribution in [0.1, 0.15) is 5.69 Å². The first-order valence-electron chi connectivity index (χ1n) is 5.45. The number of thiophene rings is 1. The quantitative estimate of drug-likeness (QED) is 0.751. The number of nitrogens with zero attached hydrogens (tertiary/aromatic N) is 2. The molecule has 86 valence electrons. The summed E-state index contributed by atoms with van der Waals surface area (Å²) in [6.45, 7) is 0. The third-order valence-corrected chi connectivity index (χ3v) is 3.52. The molecule has 0 spiro atoms. The number of hydrogen-bond acceptors (Lipinski definition) is 4. The van der Waals surface area contributed by atoms with Crippen molar-refractivity contribution in [3.63, 3.8) is 0 Å². The van der Waals surface area contributed by atoms with Crippen LogP contribution in [0.15, 0.2) is 48.0 Å². The summed E-state index contributed by atoms with van der Waals surface area (Å²) >= 11 is 1.73. The molecule has 2 heterocycles. The van der Waals surface area contributed by atoms with Crippen molar-refractivity contribution in [1.82, 2.24) is 4.98 Å². The van der Waals surface area contributed by atoms with Gasteiger partial charge in [-0.15, -0.1) is 11.3 Å². The summed E-state index contributed by atoms with van der Waals surface area (Å²) in [4.78, 5) is 4.02. The Labute approximate surface area is 108 Å². The Bertz CT molecular complexity index is 723. The summed E-state index contributed by atoms with van der Waals surface area (Å²) in [5.41, 5.74) is 2.32. The van der Waals surface area contributed by atoms with Crippen molar-refractivity contribution in [2.24, 2.45) is 0 Å². The minimum absolute atomic E-state index is 0.425. The number of fused-ring (bicyclic) bond motifs is 1. The van der Waals surface area contributed by atoms with E-state index >= 15 is 0 Å². The number of benzene rings is 1. The van der Waals surface area contributed by atoms with Crippen LogP contribution < -0.4 is 5.32 Å². The van der Waals surface area contributed by atoms with E-state index in [-0.39, 0.29) is 0 Å². The molecule has 0 saturated heterocycles. The zero-order valence-corrected chi connectivity index (χ0v) is 10.2. The van der Waals surface area contributed by atoms with Gasteiger partial charge in [-0.2, -0.15) is 5.26 Å². The maximum absolute atomic E-state index is 8.68. The predicted octanol–water partition coefficient (Wildman–Crippen LogP) is 3.91. The Morgan fingerprint density at radius 3 is 2.78 bits per heavy atom. The van der Waals surface area contributed by atoms with Gasteiger partial charge in [0, 0.05) is 10.4 Å². The molecule has 0 aliphatic rings. The summed E-state index contributed by atoms with van der Waals surface area (Å²) < 4.78 is 1.28. The number of rotatable bonds is 2. The molecule has 3 rings (SSSR count). The summed E-state index contributed by atoms with van der Waals surface area (Å²) in [7, 11) is 0. The van der Waals surface area contributed by atoms with Crippen molar-refractivity contribution in [3.05, 3.63) is 53.7 Å². The average molecular weight is 251 g/mol. The second kappa shape index (κ2) is 4.47. The molecule has 0 atom stereocenters. The third-order valence-electron chi connectivity index (χ3n) is 2.62. The number of nitrogens with one attached hydrogen (secondary N) is 1. The van der Waals surface area contributed by atoms with Gasteiger partial charge in [0.15, 0.2) is 0 Å². The standard InChI is InChI=1S/C14H9N3S/c15-8-12-1-2-13(9-16-12)17-11-3-4-14-10(7-11)5-6-18-14/h1-7,9,17H. The van der Waals surface area contributed by atoms with Gasteiger partial charge >= 0.3 is 0 Å². The van der Waals surface area contributed by atoms with Gasteiger partial charge in [-0.05, 0) is 47.2 Å². The summed E-state index contributed by atoms with van der Waals surface area (Å²) in [6, 6.07) is 13.9. The first kappa shape index (κ1) is 10.8. The van der Waals surface area contributed by atoms with Gasteiger partial charge < -0.3 is 5.32 Å². The first-order valence-corrected chi connectivity index (χ1v) is 6.33. The molecule has 0 aliphatic carbocycles. The molecular formula is C14H9N3S. The second-order valence-corrected chi connectivity index (χ2v) is 4.79. The minimum atomic E-state index is 0.425. The van der Waals surface area contributed by atoms with Crippen LogP contribution in [-0.2, 0) is 0 Å². The molecule has 0 fully saturated rings. The normalized spacial score (nSPS) is 10.2. The Balaban J connectivity index is 1.88. The van der Waals surface area contributed by atoms with Crippen molar-refractivity contribution in [2.45, 2.75) is 0 Å². The van der Waals surface area contributed by atoms with Crippen LogP contribution in [0, 0.1) is 11.3 Å². The number of pyridine rings is 1. The molecule has 2 aromatic heterocycles. The lowest BCUT2D eigenvalue weighted by atomic mass is 10.2. The molecule has 0 unspecified atom stereocenters. The molecule has 0 aliphatic heterocycles. The van der Waals surface area contributed by atoms with E-state index in [1.165, 1.54) is 10.1 Å². The number of hydrogen-bond donors (Lipinski definition) is 1. The molecular weight excluding hydrogens is 242 g/mol. The highest BCUT2D eigenvalue weighted by Gasteiger charge is 1.99. The molecule has 18 heavy (non-hydrogen) atoms. The van der Waals surface area contributed by atoms with Crippen LogP contribution in [0.3, 0.4) is 0 Å². The molecule has 1 aromatic carbocycles. The van der Waals surface area contributed by atoms with E-state index in [2.05, 4.69) is 33.9 Å². The minimum Gasteiger partial charge on any atom is -0.354 e. The average Bonchev–Trinajstić information content (AvgIpc) is 2.87. The maximum atomic E-state index is 8.68. The highest BCUT2D eigenvalue weighted by molar-refractivity contribution is 7.17. The molecule has 4 heteroatoms. The molecule has 1 N–H and O–H groups in total. The van der Waals surface area contributed by atoms with Gasteiger partial charge in [-0.1, -0.05) is 0 Å². The fourth-order valence-corrected chi connectivity index (χ4v) is 2.52. The molecule has 3 nitrogen and oxygen atoms in total. The van der Waals surface area contributed by atoms with Crippen LogP contribution in [0.4, 0.5) is 11.4 Å². The zero-order valence-electron chi connectivity index (χ0n) is 9.42. The lowest BCUT2D eigenvalue weighted by molar-refractivity contribution is 1.26. The lowest BCUT2D eigenvalue weighted by Crippen LogP contribution is -1.91. The fraction of sp³-hybridized carbons (Fsp3) is 0. The third kappa shape index (κ3) is 2.04. The largest absolute Gasteiger partial charge is 0.354 e. The van der Waals surface area contributed by atoms with Crippen molar-refractivity contribution >= 4 is 32.8 Å². The fourth-order valence-electron chi connectivity index (χ4n) is 1.75. The van der Waals surface area contributed by atoms with Crippen molar-refractivity contribution in [2.75, 3.05) is 5.32 Å². The number of aromatic nitrogens is 1. The Kier molecular flexibility index (Phi) is 2.67. The second-order valence-electron chi connectivity index (χ2n) is 3.84. The van der Waals surface area contributed by atoms with Crippen LogP contribution in [0.25, 0.3) is 10.1 Å². The summed E-state index contributed by atoms with van der Waals surface area (Å²) in [6.07, 6.45) is 1.66. The Morgan fingerprint density at radius 1 is 1.11 bits per heavy atom. The van der Waals surface area contributed by atoms with E-state index in [0.29, 0.717) is 5.69 Å². The smallest absolute Gasteiger partial charge is 0.140 e. The van der Waals surface area contributed by atoms with Gasteiger partial charge in [0.1, 0.15) is 11.8 Å². The van der Waals surface area contributed by atoms with Gasteiger partial charge in [0.2, 0.25) is 0 Å². The highest BCUT2D eigenvalue weighted by atomic mass is 32.1. The lowest BCUT2D eigenvalue weighted by Gasteiger charge is -2.05. The van der Waals surface area contributed by atoms with E-state index in [0.717, 1.165) is 11.4 Å². The first-order chi connectivity index (χ1) is 8.85. The maximum Gasteiger partial charge on any atom is 0.140 e. The number of anilines is 2. The van der Waals surface area contributed by atoms with Gasteiger partial charge in [0.25, 0.3) is 0 Å². The van der Waals surface area contributed by atoms with Gasteiger partial charge in [-0.25, -0.2) is 4.98 Å². The molecule has 0 saturated carbocycles. The predicted molar refractivity (Wildman–Crippen MR) is 74.1 cm³/mol. The van der Waals surface area contributed by atoms with Crippen molar-refractivity contribution in [3.8, 4) is 6.07 Å². The molecule has 0 radical (unpaired) electrons. The van der Waals surface area contributed by atoms with Gasteiger partial charge in [-0.3, -0.25) is 0 Å². The zero-order chi connectivity index (χ0) is 12.4. The van der Waals surface area contributed by atoms with Crippen LogP contribution in [0.2, 0.25) is 0 Å². The topological polar surface area (TPSA) is 48.7 Å². The van der Waals surface area contributed by atoms with Crippen molar-refractivity contribution < 1.29 is 0 Å². The van der Waals surface area contributed by atoms with E-state index in [1.807, 2.05) is 18.2 Å². The Hall–Kier alpha value is -2.38. The van der Waals surface area contributed by atoms with E-state index in [9.17, 15) is 0 Å². The van der Waals surface area contributed by atoms with E-state index < -0.39 is 0 Å². The van der Waals surface area contributed by atoms with E-state index in [4.69, 9.17) is 5.26 Å². The van der Waals surface area contributed by atoms with Crippen LogP contribution in [-0.4, -0.2) is 4.98 Å². The molecule has 0 amide bonds. The SMILES string of the molecule is N#Cc1ccc(Nc2ccc3sccc3c2)cn1. The van der Waals surface area contributed by atoms with Gasteiger partial charge in [0.05, 0.1) is 11.9 Å². The summed E-state index contributed by atoms with van der Waals surface area (Å²) in [5.74, 6) is 0. The monoisotopic (exact) mass is 251 g/mol. The summed E-state index contributed by atoms with van der Waals surface area (Å²) in [5, 5.41) is 15.3. The Morgan fingerprint density at radius 2 is 2.00 bits per heavy atom. The van der Waals surface area contributed by atoms with Crippen molar-refractivity contribution in [1.29, 1.82) is 5.26 Å². The van der Waals surface area contributed by atoms with E-state index in [1.54, 1.807) is 23.6 Å².